The van der Waals surface area contributed by atoms with E-state index in [4.69, 9.17) is 29.4 Å². The lowest BCUT2D eigenvalue weighted by Crippen LogP contribution is -2.57. The molecule has 100 valence electrons. The summed E-state index contributed by atoms with van der Waals surface area (Å²) in [6.45, 7) is -0.738. The van der Waals surface area contributed by atoms with E-state index in [-0.39, 0.29) is 18.1 Å². The van der Waals surface area contributed by atoms with Gasteiger partial charge in [0.1, 0.15) is 0 Å². The van der Waals surface area contributed by atoms with Crippen molar-refractivity contribution < 1.29 is 14.4 Å². The smallest absolute Gasteiger partial charge is 0.237 e. The van der Waals surface area contributed by atoms with Crippen LogP contribution in [-0.2, 0) is 14.4 Å². The zero-order chi connectivity index (χ0) is 13.9. The normalized spacial score (nSPS) is 16.4. The molecule has 8 heteroatoms. The second-order valence-electron chi connectivity index (χ2n) is 4.39. The van der Waals surface area contributed by atoms with Gasteiger partial charge in [-0.25, -0.2) is 0 Å². The van der Waals surface area contributed by atoms with E-state index < -0.39 is 23.1 Å². The molecule has 1 aliphatic carbocycles. The molecule has 0 unspecified atom stereocenters. The van der Waals surface area contributed by atoms with Gasteiger partial charge in [-0.3, -0.25) is 14.4 Å². The Labute approximate surface area is 110 Å². The molecule has 0 radical (unpaired) electrons. The first-order valence-corrected chi connectivity index (χ1v) is 5.86. The largest absolute Gasteiger partial charge is 0.392 e. The molecule has 0 atom stereocenters. The number of thiocarbonyl (C=S) groups is 1. The number of carbonyl (C=O) groups is 3. The van der Waals surface area contributed by atoms with Gasteiger partial charge in [0, 0.05) is 0 Å². The highest BCUT2D eigenvalue weighted by Crippen LogP contribution is 2.42. The van der Waals surface area contributed by atoms with Crippen molar-refractivity contribution in [1.82, 2.24) is 4.90 Å². The van der Waals surface area contributed by atoms with Crippen molar-refractivity contribution in [3.8, 4) is 0 Å². The van der Waals surface area contributed by atoms with Crippen LogP contribution in [0.25, 0.3) is 0 Å². The molecule has 1 saturated carbocycles. The van der Waals surface area contributed by atoms with Gasteiger partial charge >= 0.3 is 0 Å². The number of primary amides is 2. The Morgan fingerprint density at radius 2 is 1.50 bits per heavy atom. The lowest BCUT2D eigenvalue weighted by molar-refractivity contribution is -0.146. The highest BCUT2D eigenvalue weighted by atomic mass is 32.1. The molecular formula is C10H16N4O3S. The molecule has 7 nitrogen and oxygen atoms in total. The Morgan fingerprint density at radius 1 is 1.06 bits per heavy atom. The second-order valence-corrected chi connectivity index (χ2v) is 4.83. The van der Waals surface area contributed by atoms with Crippen LogP contribution < -0.4 is 17.2 Å². The highest BCUT2D eigenvalue weighted by molar-refractivity contribution is 7.80. The summed E-state index contributed by atoms with van der Waals surface area (Å²) in [6.07, 6.45) is 1.87. The average Bonchev–Trinajstić information content (AvgIpc) is 2.12. The molecule has 6 N–H and O–H groups in total. The van der Waals surface area contributed by atoms with E-state index in [1.165, 1.54) is 0 Å². The zero-order valence-corrected chi connectivity index (χ0v) is 10.7. The Balaban J connectivity index is 2.90. The quantitative estimate of drug-likeness (QED) is 0.493. The van der Waals surface area contributed by atoms with Crippen molar-refractivity contribution in [3.05, 3.63) is 0 Å². The van der Waals surface area contributed by atoms with E-state index in [0.717, 1.165) is 11.3 Å². The van der Waals surface area contributed by atoms with E-state index in [1.807, 2.05) is 0 Å². The molecule has 3 amide bonds. The summed E-state index contributed by atoms with van der Waals surface area (Å²) in [4.78, 5) is 35.2. The molecule has 1 fully saturated rings. The minimum atomic E-state index is -0.944. The van der Waals surface area contributed by atoms with E-state index in [1.54, 1.807) is 0 Å². The molecule has 1 aliphatic rings. The van der Waals surface area contributed by atoms with Crippen molar-refractivity contribution >= 4 is 34.9 Å². The van der Waals surface area contributed by atoms with Crippen LogP contribution >= 0.6 is 12.2 Å². The third-order valence-corrected chi connectivity index (χ3v) is 3.46. The van der Waals surface area contributed by atoms with Gasteiger partial charge in [-0.05, 0) is 12.8 Å². The Bertz CT molecular complexity index is 390. The highest BCUT2D eigenvalue weighted by Gasteiger charge is 2.49. The SMILES string of the molecule is NC(=O)CN(CC(N)=O)C(=O)C1(C(N)=S)CCC1. The summed E-state index contributed by atoms with van der Waals surface area (Å²) in [5, 5.41) is 0. The number of carbonyl (C=O) groups excluding carboxylic acids is 3. The van der Waals surface area contributed by atoms with E-state index >= 15 is 0 Å². The predicted octanol–water partition coefficient (Wildman–Crippen LogP) is -1.76. The maximum atomic E-state index is 12.3. The van der Waals surface area contributed by atoms with E-state index in [9.17, 15) is 14.4 Å². The maximum Gasteiger partial charge on any atom is 0.237 e. The summed E-state index contributed by atoms with van der Waals surface area (Å²) in [5.74, 6) is -1.89. The monoisotopic (exact) mass is 272 g/mol. The first-order valence-electron chi connectivity index (χ1n) is 5.45. The summed E-state index contributed by atoms with van der Waals surface area (Å²) in [7, 11) is 0. The Hall–Kier alpha value is -1.70. The summed E-state index contributed by atoms with van der Waals surface area (Å²) >= 11 is 4.90. The van der Waals surface area contributed by atoms with Crippen LogP contribution in [0.4, 0.5) is 0 Å². The lowest BCUT2D eigenvalue weighted by atomic mass is 9.67. The lowest BCUT2D eigenvalue weighted by Gasteiger charge is -2.42. The van der Waals surface area contributed by atoms with Crippen LogP contribution in [0.5, 0.6) is 0 Å². The van der Waals surface area contributed by atoms with Crippen molar-refractivity contribution in [2.45, 2.75) is 19.3 Å². The number of amides is 3. The fraction of sp³-hybridized carbons (Fsp3) is 0.600. The first-order chi connectivity index (χ1) is 8.29. The number of hydrogen-bond donors (Lipinski definition) is 3. The van der Waals surface area contributed by atoms with Crippen LogP contribution in [-0.4, -0.2) is 40.7 Å². The van der Waals surface area contributed by atoms with Crippen LogP contribution in [0, 0.1) is 5.41 Å². The molecule has 0 aromatic heterocycles. The average molecular weight is 272 g/mol. The zero-order valence-electron chi connectivity index (χ0n) is 9.85. The van der Waals surface area contributed by atoms with E-state index in [2.05, 4.69) is 0 Å². The van der Waals surface area contributed by atoms with Gasteiger partial charge in [-0.15, -0.1) is 0 Å². The summed E-state index contributed by atoms with van der Waals surface area (Å²) < 4.78 is 0. The molecule has 0 aromatic carbocycles. The molecule has 0 spiro atoms. The molecule has 0 bridgehead atoms. The third-order valence-electron chi connectivity index (χ3n) is 3.07. The maximum absolute atomic E-state index is 12.3. The molecule has 0 saturated heterocycles. The molecule has 0 aromatic rings. The standard InChI is InChI=1S/C10H16N4O3S/c11-6(15)4-14(5-7(12)16)9(17)10(8(13)18)2-1-3-10/h1-5H2,(H2,11,15)(H2,12,16)(H2,13,18). The van der Waals surface area contributed by atoms with Crippen molar-refractivity contribution in [1.29, 1.82) is 0 Å². The number of nitrogens with zero attached hydrogens (tertiary/aromatic N) is 1. The van der Waals surface area contributed by atoms with Crippen LogP contribution in [0.15, 0.2) is 0 Å². The van der Waals surface area contributed by atoms with E-state index in [0.29, 0.717) is 12.8 Å². The molecule has 0 heterocycles. The fourth-order valence-electron chi connectivity index (χ4n) is 1.97. The Morgan fingerprint density at radius 3 is 1.72 bits per heavy atom. The van der Waals surface area contributed by atoms with Crippen LogP contribution in [0.1, 0.15) is 19.3 Å². The predicted molar refractivity (Wildman–Crippen MR) is 68.0 cm³/mol. The van der Waals surface area contributed by atoms with Crippen molar-refractivity contribution in [2.24, 2.45) is 22.6 Å². The number of hydrogen-bond acceptors (Lipinski definition) is 4. The van der Waals surface area contributed by atoms with Gasteiger partial charge in [0.15, 0.2) is 0 Å². The third kappa shape index (κ3) is 2.76. The second kappa shape index (κ2) is 5.30. The van der Waals surface area contributed by atoms with Crippen molar-refractivity contribution in [3.63, 3.8) is 0 Å². The first kappa shape index (κ1) is 14.4. The van der Waals surface area contributed by atoms with Crippen LogP contribution in [0.3, 0.4) is 0 Å². The summed E-state index contributed by atoms with van der Waals surface area (Å²) in [5.41, 5.74) is 14.7. The van der Waals surface area contributed by atoms with Gasteiger partial charge in [-0.1, -0.05) is 18.6 Å². The van der Waals surface area contributed by atoms with Crippen LogP contribution in [0.2, 0.25) is 0 Å². The molecule has 1 rings (SSSR count). The molecule has 18 heavy (non-hydrogen) atoms. The Kier molecular flexibility index (Phi) is 4.23. The fourth-order valence-corrected chi connectivity index (χ4v) is 2.27. The summed E-state index contributed by atoms with van der Waals surface area (Å²) in [6, 6.07) is 0. The number of nitrogens with two attached hydrogens (primary N) is 3. The molecule has 0 aliphatic heterocycles. The van der Waals surface area contributed by atoms with Gasteiger partial charge in [0.2, 0.25) is 17.7 Å². The minimum Gasteiger partial charge on any atom is -0.392 e. The van der Waals surface area contributed by atoms with Gasteiger partial charge in [0.05, 0.1) is 23.5 Å². The topological polar surface area (TPSA) is 133 Å². The minimum absolute atomic E-state index is 0.0812. The van der Waals surface area contributed by atoms with Gasteiger partial charge < -0.3 is 22.1 Å². The molecular weight excluding hydrogens is 256 g/mol. The van der Waals surface area contributed by atoms with Gasteiger partial charge in [-0.2, -0.15) is 0 Å². The van der Waals surface area contributed by atoms with Crippen molar-refractivity contribution in [2.75, 3.05) is 13.1 Å². The van der Waals surface area contributed by atoms with Gasteiger partial charge in [0.25, 0.3) is 0 Å². The number of rotatable bonds is 6.